The fraction of sp³-hybridized carbons (Fsp3) is 0.641. The first kappa shape index (κ1) is 39.0. The van der Waals surface area contributed by atoms with Crippen LogP contribution in [0.4, 0.5) is 0 Å². The Kier molecular flexibility index (Phi) is 13.9. The van der Waals surface area contributed by atoms with Gasteiger partial charge in [0, 0.05) is 25.8 Å². The first-order valence-electron chi connectivity index (χ1n) is 17.2. The highest BCUT2D eigenvalue weighted by Crippen LogP contribution is 2.75. The van der Waals surface area contributed by atoms with Gasteiger partial charge in [-0.1, -0.05) is 59.2 Å². The van der Waals surface area contributed by atoms with Crippen LogP contribution in [0.2, 0.25) is 0 Å². The molecular weight excluding hydrogens is 635 g/mol. The van der Waals surface area contributed by atoms with Crippen LogP contribution in [-0.2, 0) is 25.5 Å². The van der Waals surface area contributed by atoms with Crippen molar-refractivity contribution >= 4 is 35.1 Å². The quantitative estimate of drug-likeness (QED) is 0.180. The molecule has 0 aromatic heterocycles. The molecule has 1 spiro atoms. The molecule has 0 aliphatic heterocycles. The maximum absolute atomic E-state index is 11.9. The highest BCUT2D eigenvalue weighted by Gasteiger charge is 2.66. The van der Waals surface area contributed by atoms with Gasteiger partial charge in [0.2, 0.25) is 0 Å². The highest BCUT2D eigenvalue weighted by molar-refractivity contribution is 6.32. The van der Waals surface area contributed by atoms with Gasteiger partial charge in [-0.25, -0.2) is 0 Å². The summed E-state index contributed by atoms with van der Waals surface area (Å²) in [5.74, 6) is 3.32. The van der Waals surface area contributed by atoms with Gasteiger partial charge in [0.25, 0.3) is 0 Å². The molecule has 0 heterocycles. The van der Waals surface area contributed by atoms with Gasteiger partial charge in [-0.2, -0.15) is 0 Å². The summed E-state index contributed by atoms with van der Waals surface area (Å²) in [4.78, 5) is 23.3. The Morgan fingerprint density at radius 2 is 1.74 bits per heavy atom. The largest absolute Gasteiger partial charge is 0.496 e. The number of methoxy groups -OCH3 is 1. The van der Waals surface area contributed by atoms with Crippen LogP contribution < -0.4 is 9.47 Å². The second kappa shape index (κ2) is 16.8. The van der Waals surface area contributed by atoms with Crippen LogP contribution >= 0.6 is 23.2 Å². The predicted octanol–water partition coefficient (Wildman–Crippen LogP) is 10.4. The van der Waals surface area contributed by atoms with Gasteiger partial charge < -0.3 is 18.9 Å². The highest BCUT2D eigenvalue weighted by atomic mass is 35.5. The summed E-state index contributed by atoms with van der Waals surface area (Å²) in [6.45, 7) is 17.7. The third-order valence-electron chi connectivity index (χ3n) is 10.4. The summed E-state index contributed by atoms with van der Waals surface area (Å²) < 4.78 is 22.5. The first-order valence-corrected chi connectivity index (χ1v) is 18.2. The Morgan fingerprint density at radius 3 is 2.21 bits per heavy atom. The minimum absolute atomic E-state index is 0.0242. The minimum Gasteiger partial charge on any atom is -0.496 e. The van der Waals surface area contributed by atoms with Crippen molar-refractivity contribution in [2.24, 2.45) is 28.6 Å². The van der Waals surface area contributed by atoms with Crippen molar-refractivity contribution in [2.75, 3.05) is 19.6 Å². The number of hydrogen-bond donors (Lipinski definition) is 0. The average Bonchev–Trinajstić information content (AvgIpc) is 3.04. The number of carbonyl (C=O) groups is 2. The molecule has 4 atom stereocenters. The molecule has 47 heavy (non-hydrogen) atoms. The third-order valence-corrected chi connectivity index (χ3v) is 11.1. The zero-order valence-electron chi connectivity index (χ0n) is 30.2. The van der Waals surface area contributed by atoms with E-state index in [0.717, 1.165) is 35.7 Å². The smallest absolute Gasteiger partial charge is 0.307 e. The Labute approximate surface area is 293 Å². The zero-order valence-corrected chi connectivity index (χ0v) is 31.7. The molecule has 4 aliphatic carbocycles. The monoisotopic (exact) mass is 690 g/mol. The third kappa shape index (κ3) is 8.97. The van der Waals surface area contributed by atoms with E-state index < -0.39 is 18.0 Å². The van der Waals surface area contributed by atoms with Crippen LogP contribution in [0.25, 0.3) is 0 Å². The molecule has 1 aromatic rings. The van der Waals surface area contributed by atoms with E-state index in [4.69, 9.17) is 42.1 Å². The van der Waals surface area contributed by atoms with Gasteiger partial charge in [-0.05, 0) is 115 Å². The van der Waals surface area contributed by atoms with Crippen LogP contribution in [0.5, 0.6) is 11.5 Å². The molecular formula is C39H56Cl2O6. The molecule has 5 rings (SSSR count). The van der Waals surface area contributed by atoms with E-state index in [1.807, 2.05) is 26.0 Å². The number of allylic oxidation sites excluding steroid dienone is 2. The zero-order chi connectivity index (χ0) is 35.1. The van der Waals surface area contributed by atoms with E-state index in [9.17, 15) is 9.59 Å². The van der Waals surface area contributed by atoms with Crippen LogP contribution in [0.1, 0.15) is 106 Å². The SMILES string of the molecule is CC.CC1(C)CC2CCC23CCC13.COc1cc(OC2C=C(COC(C)=O)C(CCl)=C(C)C(Cl)=C2OC(C)=O)ccc1CCC(C)C. The van der Waals surface area contributed by atoms with E-state index in [1.165, 1.54) is 20.3 Å². The van der Waals surface area contributed by atoms with Crippen molar-refractivity contribution in [1.82, 2.24) is 0 Å². The fourth-order valence-electron chi connectivity index (χ4n) is 7.90. The Hall–Kier alpha value is -2.44. The normalized spacial score (nSPS) is 25.3. The molecule has 1 aromatic carbocycles. The molecule has 4 aliphatic rings. The number of halogens is 2. The molecule has 0 bridgehead atoms. The van der Waals surface area contributed by atoms with Crippen LogP contribution in [0.15, 0.2) is 51.8 Å². The fourth-order valence-corrected chi connectivity index (χ4v) is 8.53. The van der Waals surface area contributed by atoms with Crippen molar-refractivity contribution in [3.05, 3.63) is 57.3 Å². The van der Waals surface area contributed by atoms with E-state index in [0.29, 0.717) is 39.6 Å². The summed E-state index contributed by atoms with van der Waals surface area (Å²) >= 11 is 12.8. The number of esters is 2. The van der Waals surface area contributed by atoms with Crippen molar-refractivity contribution in [1.29, 1.82) is 0 Å². The van der Waals surface area contributed by atoms with Gasteiger partial charge in [0.1, 0.15) is 18.1 Å². The molecule has 0 saturated heterocycles. The number of rotatable bonds is 10. The molecule has 6 nitrogen and oxygen atoms in total. The molecule has 3 saturated carbocycles. The summed E-state index contributed by atoms with van der Waals surface area (Å²) in [5.41, 5.74) is 4.59. The molecule has 0 N–H and O–H groups in total. The molecule has 4 unspecified atom stereocenters. The summed E-state index contributed by atoms with van der Waals surface area (Å²) in [6, 6.07) is 5.59. The van der Waals surface area contributed by atoms with Crippen LogP contribution in [-0.4, -0.2) is 37.6 Å². The van der Waals surface area contributed by atoms with E-state index in [-0.39, 0.29) is 23.3 Å². The van der Waals surface area contributed by atoms with Gasteiger partial charge in [-0.15, -0.1) is 11.6 Å². The van der Waals surface area contributed by atoms with Gasteiger partial charge in [-0.3, -0.25) is 9.59 Å². The minimum atomic E-state index is -0.871. The molecule has 0 radical (unpaired) electrons. The van der Waals surface area contributed by atoms with Crippen LogP contribution in [0.3, 0.4) is 0 Å². The summed E-state index contributed by atoms with van der Waals surface area (Å²) in [5, 5.41) is 0.213. The summed E-state index contributed by atoms with van der Waals surface area (Å²) in [7, 11) is 1.61. The molecule has 8 heteroatoms. The second-order valence-electron chi connectivity index (χ2n) is 14.2. The predicted molar refractivity (Wildman–Crippen MR) is 191 cm³/mol. The maximum Gasteiger partial charge on any atom is 0.307 e. The van der Waals surface area contributed by atoms with Crippen molar-refractivity contribution in [3.8, 4) is 11.5 Å². The number of hydrogen-bond acceptors (Lipinski definition) is 6. The molecule has 0 amide bonds. The van der Waals surface area contributed by atoms with Crippen LogP contribution in [0, 0.1) is 28.6 Å². The topological polar surface area (TPSA) is 71.1 Å². The summed E-state index contributed by atoms with van der Waals surface area (Å²) in [6.07, 6.45) is 10.5. The number of ether oxygens (including phenoxy) is 4. The van der Waals surface area contributed by atoms with Gasteiger partial charge in [0.05, 0.1) is 12.1 Å². The molecule has 262 valence electrons. The number of aryl methyl sites for hydroxylation is 1. The Morgan fingerprint density at radius 1 is 1.06 bits per heavy atom. The van der Waals surface area contributed by atoms with Crippen molar-refractivity contribution in [2.45, 2.75) is 113 Å². The van der Waals surface area contributed by atoms with Gasteiger partial charge in [0.15, 0.2) is 11.9 Å². The van der Waals surface area contributed by atoms with E-state index in [2.05, 4.69) is 27.7 Å². The lowest BCUT2D eigenvalue weighted by atomic mass is 9.47. The van der Waals surface area contributed by atoms with Crippen molar-refractivity contribution < 1.29 is 28.5 Å². The lowest BCUT2D eigenvalue weighted by Crippen LogP contribution is -2.49. The lowest BCUT2D eigenvalue weighted by molar-refractivity contribution is -0.140. The van der Waals surface area contributed by atoms with Gasteiger partial charge >= 0.3 is 11.9 Å². The van der Waals surface area contributed by atoms with Crippen molar-refractivity contribution in [3.63, 3.8) is 0 Å². The molecule has 3 fully saturated rings. The first-order chi connectivity index (χ1) is 22.2. The second-order valence-corrected chi connectivity index (χ2v) is 14.8. The Balaban J connectivity index is 0.000000377. The number of benzene rings is 1. The Bertz CT molecular complexity index is 1370. The number of carbonyl (C=O) groups excluding carboxylic acids is 2. The average molecular weight is 692 g/mol. The standard InChI is InChI=1S/C26H32Cl2O6.C11H18.C2H6/c1-15(2)7-8-19-9-10-21(12-23(19)31-6)34-24-11-20(14-32-17(4)29)22(13-27)16(3)25(28)26(24)33-18(5)30;1-10(2)7-8-3-5-11(8)6-4-9(10)11;1-2/h9-12,15,24H,7-8,13-14H2,1-6H3;8-9H,3-7H2,1-2H3;1-2H3. The lowest BCUT2D eigenvalue weighted by Gasteiger charge is -2.58. The maximum atomic E-state index is 11.9. The van der Waals surface area contributed by atoms with E-state index >= 15 is 0 Å². The number of alkyl halides is 1. The van der Waals surface area contributed by atoms with E-state index in [1.54, 1.807) is 51.9 Å².